The van der Waals surface area contributed by atoms with Gasteiger partial charge in [0.1, 0.15) is 5.69 Å². The predicted octanol–water partition coefficient (Wildman–Crippen LogP) is 0.339. The molecule has 1 amide bonds. The van der Waals surface area contributed by atoms with Crippen molar-refractivity contribution in [2.75, 3.05) is 6.61 Å². The number of hydrogen-bond donors (Lipinski definition) is 1. The van der Waals surface area contributed by atoms with Gasteiger partial charge in [-0.2, -0.15) is 0 Å². The van der Waals surface area contributed by atoms with Crippen molar-refractivity contribution in [2.45, 2.75) is 39.5 Å². The van der Waals surface area contributed by atoms with Crippen LogP contribution >= 0.6 is 0 Å². The Balaban J connectivity index is 2.07. The highest BCUT2D eigenvalue weighted by Gasteiger charge is 2.16. The fraction of sp³-hybridized carbons (Fsp3) is 0.727. The number of hydrogen-bond acceptors (Lipinski definition) is 4. The molecular formula is C11H18N4O2. The largest absolute Gasteiger partial charge is 0.373 e. The first-order valence-electron chi connectivity index (χ1n) is 5.92. The Morgan fingerprint density at radius 3 is 3.18 bits per heavy atom. The number of aromatic nitrogens is 3. The quantitative estimate of drug-likeness (QED) is 0.707. The molecule has 0 saturated carbocycles. The van der Waals surface area contributed by atoms with E-state index in [0.717, 1.165) is 12.1 Å². The van der Waals surface area contributed by atoms with Crippen molar-refractivity contribution in [3.05, 3.63) is 11.9 Å². The number of nitrogens with one attached hydrogen (secondary N) is 1. The van der Waals surface area contributed by atoms with E-state index in [9.17, 15) is 4.79 Å². The SMILES string of the molecule is C[C@@H]1COCc2cn(nn2)CC[C@H](C)C(=O)N1. The van der Waals surface area contributed by atoms with Crippen LogP contribution in [-0.2, 0) is 22.7 Å². The molecule has 0 saturated heterocycles. The van der Waals surface area contributed by atoms with Gasteiger partial charge in [0.25, 0.3) is 0 Å². The first-order chi connectivity index (χ1) is 8.15. The van der Waals surface area contributed by atoms with E-state index < -0.39 is 0 Å². The lowest BCUT2D eigenvalue weighted by atomic mass is 10.1. The zero-order valence-corrected chi connectivity index (χ0v) is 10.2. The van der Waals surface area contributed by atoms with Crippen LogP contribution in [0.25, 0.3) is 0 Å². The summed E-state index contributed by atoms with van der Waals surface area (Å²) in [5.41, 5.74) is 0.830. The third kappa shape index (κ3) is 3.26. The smallest absolute Gasteiger partial charge is 0.223 e. The third-order valence-corrected chi connectivity index (χ3v) is 2.83. The van der Waals surface area contributed by atoms with Crippen LogP contribution in [0.2, 0.25) is 0 Å². The molecule has 17 heavy (non-hydrogen) atoms. The van der Waals surface area contributed by atoms with E-state index in [2.05, 4.69) is 15.6 Å². The zero-order chi connectivity index (χ0) is 12.3. The van der Waals surface area contributed by atoms with Gasteiger partial charge in [0.15, 0.2) is 0 Å². The summed E-state index contributed by atoms with van der Waals surface area (Å²) >= 11 is 0. The van der Waals surface area contributed by atoms with Crippen molar-refractivity contribution < 1.29 is 9.53 Å². The second-order valence-electron chi connectivity index (χ2n) is 4.59. The molecule has 2 bridgehead atoms. The number of aryl methyl sites for hydroxylation is 1. The lowest BCUT2D eigenvalue weighted by Crippen LogP contribution is -2.39. The lowest BCUT2D eigenvalue weighted by Gasteiger charge is -2.17. The second kappa shape index (κ2) is 5.27. The number of fused-ring (bicyclic) bond motifs is 2. The van der Waals surface area contributed by atoms with E-state index in [-0.39, 0.29) is 17.9 Å². The summed E-state index contributed by atoms with van der Waals surface area (Å²) in [5.74, 6) is 0.0477. The summed E-state index contributed by atoms with van der Waals surface area (Å²) in [7, 11) is 0. The van der Waals surface area contributed by atoms with Crippen LogP contribution in [0.3, 0.4) is 0 Å². The fourth-order valence-corrected chi connectivity index (χ4v) is 1.74. The summed E-state index contributed by atoms with van der Waals surface area (Å²) in [6.07, 6.45) is 2.64. The number of ether oxygens (including phenoxy) is 1. The van der Waals surface area contributed by atoms with Gasteiger partial charge in [-0.15, -0.1) is 5.10 Å². The Kier molecular flexibility index (Phi) is 3.73. The monoisotopic (exact) mass is 238 g/mol. The molecule has 0 radical (unpaired) electrons. The average molecular weight is 238 g/mol. The minimum atomic E-state index is -0.0236. The van der Waals surface area contributed by atoms with Gasteiger partial charge in [0.05, 0.1) is 19.4 Å². The molecule has 6 nitrogen and oxygen atoms in total. The van der Waals surface area contributed by atoms with Crippen molar-refractivity contribution in [1.82, 2.24) is 20.3 Å². The number of rotatable bonds is 0. The molecule has 6 heteroatoms. The van der Waals surface area contributed by atoms with Crippen molar-refractivity contribution >= 4 is 5.91 Å². The van der Waals surface area contributed by atoms with E-state index in [1.807, 2.05) is 20.0 Å². The van der Waals surface area contributed by atoms with Gasteiger partial charge in [-0.3, -0.25) is 9.48 Å². The molecule has 1 N–H and O–H groups in total. The average Bonchev–Trinajstić information content (AvgIpc) is 2.72. The Labute approximate surface area is 100 Å². The predicted molar refractivity (Wildman–Crippen MR) is 61.1 cm³/mol. The molecule has 0 unspecified atom stereocenters. The summed E-state index contributed by atoms with van der Waals surface area (Å²) in [4.78, 5) is 11.8. The van der Waals surface area contributed by atoms with Gasteiger partial charge < -0.3 is 10.1 Å². The van der Waals surface area contributed by atoms with Gasteiger partial charge in [0.2, 0.25) is 5.91 Å². The molecule has 1 aliphatic heterocycles. The van der Waals surface area contributed by atoms with Gasteiger partial charge in [-0.05, 0) is 13.3 Å². The number of amides is 1. The van der Waals surface area contributed by atoms with Gasteiger partial charge >= 0.3 is 0 Å². The maximum Gasteiger partial charge on any atom is 0.223 e. The van der Waals surface area contributed by atoms with Crippen LogP contribution in [0.1, 0.15) is 26.0 Å². The van der Waals surface area contributed by atoms with Crippen LogP contribution in [0.4, 0.5) is 0 Å². The number of carbonyl (C=O) groups excluding carboxylic acids is 1. The highest BCUT2D eigenvalue weighted by Crippen LogP contribution is 2.07. The lowest BCUT2D eigenvalue weighted by molar-refractivity contribution is -0.125. The first-order valence-corrected chi connectivity index (χ1v) is 5.92. The Morgan fingerprint density at radius 1 is 1.53 bits per heavy atom. The second-order valence-corrected chi connectivity index (χ2v) is 4.59. The highest BCUT2D eigenvalue weighted by molar-refractivity contribution is 5.78. The summed E-state index contributed by atoms with van der Waals surface area (Å²) in [6.45, 7) is 5.50. The minimum absolute atomic E-state index is 0.0236. The number of carbonyl (C=O) groups is 1. The van der Waals surface area contributed by atoms with E-state index in [1.54, 1.807) is 4.68 Å². The molecule has 1 aromatic heterocycles. The Hall–Kier alpha value is -1.43. The van der Waals surface area contributed by atoms with Crippen molar-refractivity contribution in [3.63, 3.8) is 0 Å². The highest BCUT2D eigenvalue weighted by atomic mass is 16.5. The van der Waals surface area contributed by atoms with Crippen LogP contribution in [0.5, 0.6) is 0 Å². The normalized spacial score (nSPS) is 26.8. The third-order valence-electron chi connectivity index (χ3n) is 2.83. The Morgan fingerprint density at radius 2 is 2.35 bits per heavy atom. The fourth-order valence-electron chi connectivity index (χ4n) is 1.74. The molecule has 2 atom stereocenters. The van der Waals surface area contributed by atoms with E-state index in [0.29, 0.717) is 19.8 Å². The van der Waals surface area contributed by atoms with Crippen molar-refractivity contribution in [3.8, 4) is 0 Å². The van der Waals surface area contributed by atoms with Crippen LogP contribution < -0.4 is 5.32 Å². The van der Waals surface area contributed by atoms with E-state index in [4.69, 9.17) is 4.74 Å². The molecule has 0 spiro atoms. The van der Waals surface area contributed by atoms with Gasteiger partial charge in [0, 0.05) is 18.5 Å². The summed E-state index contributed by atoms with van der Waals surface area (Å²) in [6, 6.07) is 0.0272. The van der Waals surface area contributed by atoms with E-state index >= 15 is 0 Å². The minimum Gasteiger partial charge on any atom is -0.373 e. The molecular weight excluding hydrogens is 220 g/mol. The van der Waals surface area contributed by atoms with Crippen LogP contribution in [-0.4, -0.2) is 33.5 Å². The number of nitrogens with zero attached hydrogens (tertiary/aromatic N) is 3. The molecule has 2 rings (SSSR count). The van der Waals surface area contributed by atoms with Crippen LogP contribution in [0, 0.1) is 5.92 Å². The molecule has 0 aromatic carbocycles. The Bertz CT molecular complexity index is 391. The molecule has 2 heterocycles. The van der Waals surface area contributed by atoms with E-state index in [1.165, 1.54) is 0 Å². The van der Waals surface area contributed by atoms with Crippen molar-refractivity contribution in [2.24, 2.45) is 5.92 Å². The van der Waals surface area contributed by atoms with Crippen LogP contribution in [0.15, 0.2) is 6.20 Å². The maximum absolute atomic E-state index is 11.8. The first kappa shape index (κ1) is 12.0. The molecule has 1 aliphatic rings. The summed E-state index contributed by atoms with van der Waals surface area (Å²) < 4.78 is 7.23. The standard InChI is InChI=1S/C11H18N4O2/c1-8-3-4-15-5-10(13-14-15)7-17-6-9(2)12-11(8)16/h5,8-9H,3-4,6-7H2,1-2H3,(H,12,16)/t8-,9+/m0/s1. The zero-order valence-electron chi connectivity index (χ0n) is 10.2. The molecule has 0 fully saturated rings. The molecule has 94 valence electrons. The summed E-state index contributed by atoms with van der Waals surface area (Å²) in [5, 5.41) is 10.9. The van der Waals surface area contributed by atoms with Crippen molar-refractivity contribution in [1.29, 1.82) is 0 Å². The molecule has 0 aliphatic carbocycles. The van der Waals surface area contributed by atoms with Gasteiger partial charge in [-0.25, -0.2) is 0 Å². The topological polar surface area (TPSA) is 69.0 Å². The van der Waals surface area contributed by atoms with Gasteiger partial charge in [-0.1, -0.05) is 12.1 Å². The molecule has 1 aromatic rings. The maximum atomic E-state index is 11.8.